The maximum atomic E-state index is 13.6. The van der Waals surface area contributed by atoms with Gasteiger partial charge in [-0.3, -0.25) is 4.79 Å². The number of carbonyl (C=O) groups is 1. The van der Waals surface area contributed by atoms with Gasteiger partial charge in [-0.05, 0) is 63.4 Å². The Morgan fingerprint density at radius 3 is 2.48 bits per heavy atom. The van der Waals surface area contributed by atoms with Crippen molar-refractivity contribution in [3.8, 4) is 0 Å². The number of thiophene rings is 1. The van der Waals surface area contributed by atoms with Gasteiger partial charge in [0.25, 0.3) is 5.91 Å². The molecule has 112 valence electrons. The van der Waals surface area contributed by atoms with E-state index >= 15 is 0 Å². The summed E-state index contributed by atoms with van der Waals surface area (Å²) in [5.41, 5.74) is -0.0150. The predicted molar refractivity (Wildman–Crippen MR) is 86.7 cm³/mol. The van der Waals surface area contributed by atoms with E-state index in [-0.39, 0.29) is 23.9 Å². The molecule has 21 heavy (non-hydrogen) atoms. The molecule has 0 saturated carbocycles. The van der Waals surface area contributed by atoms with Crippen molar-refractivity contribution in [2.45, 2.75) is 19.4 Å². The molecule has 2 rings (SSSR count). The van der Waals surface area contributed by atoms with Gasteiger partial charge >= 0.3 is 0 Å². The zero-order valence-corrected chi connectivity index (χ0v) is 14.9. The Bertz CT molecular complexity index is 635. The van der Waals surface area contributed by atoms with Gasteiger partial charge in [0, 0.05) is 16.1 Å². The molecule has 1 aromatic heterocycles. The van der Waals surface area contributed by atoms with Gasteiger partial charge in [-0.15, -0.1) is 11.3 Å². The molecule has 0 aliphatic carbocycles. The van der Waals surface area contributed by atoms with Crippen LogP contribution in [0.15, 0.2) is 32.5 Å². The van der Waals surface area contributed by atoms with E-state index in [0.29, 0.717) is 4.88 Å². The summed E-state index contributed by atoms with van der Waals surface area (Å²) in [6.07, 6.45) is 0.0952. The third-order valence-corrected chi connectivity index (χ3v) is 6.07. The molecule has 0 bridgehead atoms. The van der Waals surface area contributed by atoms with E-state index in [1.807, 2.05) is 0 Å². The second-order valence-corrected chi connectivity index (χ2v) is 7.74. The number of hydrogen-bond acceptors (Lipinski definition) is 2. The van der Waals surface area contributed by atoms with Crippen molar-refractivity contribution in [3.63, 3.8) is 0 Å². The lowest BCUT2D eigenvalue weighted by atomic mass is 10.1. The average molecular weight is 439 g/mol. The summed E-state index contributed by atoms with van der Waals surface area (Å²) < 4.78 is 28.7. The van der Waals surface area contributed by atoms with Gasteiger partial charge in [-0.2, -0.15) is 0 Å². The molecule has 1 N–H and O–H groups in total. The van der Waals surface area contributed by atoms with Crippen LogP contribution in [-0.4, -0.2) is 11.9 Å². The van der Waals surface area contributed by atoms with E-state index < -0.39 is 11.6 Å². The molecule has 1 atom stereocenters. The van der Waals surface area contributed by atoms with Gasteiger partial charge in [0.1, 0.15) is 11.6 Å². The predicted octanol–water partition coefficient (Wildman–Crippen LogP) is 4.91. The van der Waals surface area contributed by atoms with E-state index in [4.69, 9.17) is 0 Å². The fourth-order valence-electron chi connectivity index (χ4n) is 1.84. The molecule has 0 fully saturated rings. The summed E-state index contributed by atoms with van der Waals surface area (Å²) in [5.74, 6) is -1.47. The lowest BCUT2D eigenvalue weighted by Crippen LogP contribution is -2.34. The molecule has 0 aliphatic heterocycles. The first-order valence-electron chi connectivity index (χ1n) is 6.07. The fraction of sp³-hybridized carbons (Fsp3) is 0.214. The lowest BCUT2D eigenvalue weighted by Gasteiger charge is -2.14. The third-order valence-electron chi connectivity index (χ3n) is 2.82. The van der Waals surface area contributed by atoms with Gasteiger partial charge in [0.15, 0.2) is 0 Å². The Balaban J connectivity index is 2.05. The van der Waals surface area contributed by atoms with Crippen LogP contribution >= 0.6 is 43.2 Å². The van der Waals surface area contributed by atoms with Gasteiger partial charge in [0.2, 0.25) is 0 Å². The lowest BCUT2D eigenvalue weighted by molar-refractivity contribution is 0.0943. The van der Waals surface area contributed by atoms with E-state index in [1.165, 1.54) is 29.5 Å². The maximum Gasteiger partial charge on any atom is 0.261 e. The van der Waals surface area contributed by atoms with Crippen LogP contribution in [0.4, 0.5) is 8.78 Å². The zero-order chi connectivity index (χ0) is 15.6. The van der Waals surface area contributed by atoms with Crippen molar-refractivity contribution in [2.75, 3.05) is 0 Å². The average Bonchev–Trinajstić information content (AvgIpc) is 2.74. The minimum Gasteiger partial charge on any atom is -0.349 e. The largest absolute Gasteiger partial charge is 0.349 e. The summed E-state index contributed by atoms with van der Waals surface area (Å²) in [6, 6.07) is 5.04. The van der Waals surface area contributed by atoms with Crippen LogP contribution < -0.4 is 5.32 Å². The maximum absolute atomic E-state index is 13.6. The second-order valence-electron chi connectivity index (χ2n) is 4.51. The van der Waals surface area contributed by atoms with Crippen LogP contribution in [-0.2, 0) is 6.42 Å². The number of halogens is 4. The first-order chi connectivity index (χ1) is 9.88. The first kappa shape index (κ1) is 16.6. The van der Waals surface area contributed by atoms with Crippen molar-refractivity contribution in [2.24, 2.45) is 0 Å². The van der Waals surface area contributed by atoms with Crippen LogP contribution in [0.25, 0.3) is 0 Å². The SMILES string of the molecule is CC(Cc1c(F)cccc1F)NC(=O)c1cc(Br)c(Br)s1. The summed E-state index contributed by atoms with van der Waals surface area (Å²) >= 11 is 7.91. The highest BCUT2D eigenvalue weighted by Gasteiger charge is 2.17. The Morgan fingerprint density at radius 1 is 1.33 bits per heavy atom. The number of rotatable bonds is 4. The van der Waals surface area contributed by atoms with Crippen molar-refractivity contribution in [1.29, 1.82) is 0 Å². The molecule has 1 heterocycles. The molecule has 1 amide bonds. The number of hydrogen-bond donors (Lipinski definition) is 1. The summed E-state index contributed by atoms with van der Waals surface area (Å²) in [6.45, 7) is 1.71. The highest BCUT2D eigenvalue weighted by molar-refractivity contribution is 9.13. The van der Waals surface area contributed by atoms with Gasteiger partial charge in [-0.25, -0.2) is 8.78 Å². The van der Waals surface area contributed by atoms with Crippen LogP contribution in [0, 0.1) is 11.6 Å². The molecule has 2 nitrogen and oxygen atoms in total. The smallest absolute Gasteiger partial charge is 0.261 e. The van der Waals surface area contributed by atoms with Gasteiger partial charge < -0.3 is 5.32 Å². The van der Waals surface area contributed by atoms with Crippen LogP contribution in [0.5, 0.6) is 0 Å². The minimum atomic E-state index is -0.599. The second kappa shape index (κ2) is 6.98. The highest BCUT2D eigenvalue weighted by atomic mass is 79.9. The Hall–Kier alpha value is -0.790. The molecule has 1 aromatic carbocycles. The van der Waals surface area contributed by atoms with E-state index in [9.17, 15) is 13.6 Å². The number of carbonyl (C=O) groups excluding carboxylic acids is 1. The Kier molecular flexibility index (Phi) is 5.51. The summed E-state index contributed by atoms with van der Waals surface area (Å²) in [4.78, 5) is 12.6. The fourth-order valence-corrected chi connectivity index (χ4v) is 3.78. The molecule has 0 radical (unpaired) electrons. The quantitative estimate of drug-likeness (QED) is 0.721. The van der Waals surface area contributed by atoms with E-state index in [2.05, 4.69) is 37.2 Å². The summed E-state index contributed by atoms with van der Waals surface area (Å²) in [5, 5.41) is 2.74. The van der Waals surface area contributed by atoms with Crippen molar-refractivity contribution < 1.29 is 13.6 Å². The van der Waals surface area contributed by atoms with E-state index in [1.54, 1.807) is 13.0 Å². The molecule has 0 saturated heterocycles. The number of nitrogens with one attached hydrogen (secondary N) is 1. The molecular weight excluding hydrogens is 428 g/mol. The standard InChI is InChI=1S/C14H11Br2F2NOS/c1-7(5-8-10(17)3-2-4-11(8)18)19-14(20)12-6-9(15)13(16)21-12/h2-4,6-7H,5H2,1H3,(H,19,20). The van der Waals surface area contributed by atoms with Crippen molar-refractivity contribution in [3.05, 3.63) is 54.6 Å². The molecule has 7 heteroatoms. The Morgan fingerprint density at radius 2 is 1.95 bits per heavy atom. The number of amides is 1. The molecule has 1 unspecified atom stereocenters. The zero-order valence-electron chi connectivity index (χ0n) is 10.9. The van der Waals surface area contributed by atoms with Crippen molar-refractivity contribution in [1.82, 2.24) is 5.32 Å². The highest BCUT2D eigenvalue weighted by Crippen LogP contribution is 2.32. The normalized spacial score (nSPS) is 12.2. The Labute approximate surface area is 141 Å². The van der Waals surface area contributed by atoms with Crippen LogP contribution in [0.1, 0.15) is 22.2 Å². The minimum absolute atomic E-state index is 0.0150. The van der Waals surface area contributed by atoms with Crippen LogP contribution in [0.3, 0.4) is 0 Å². The summed E-state index contributed by atoms with van der Waals surface area (Å²) in [7, 11) is 0. The van der Waals surface area contributed by atoms with Gasteiger partial charge in [-0.1, -0.05) is 6.07 Å². The molecular formula is C14H11Br2F2NOS. The monoisotopic (exact) mass is 437 g/mol. The topological polar surface area (TPSA) is 29.1 Å². The van der Waals surface area contributed by atoms with E-state index in [0.717, 1.165) is 8.26 Å². The molecule has 2 aromatic rings. The molecule has 0 spiro atoms. The first-order valence-corrected chi connectivity index (χ1v) is 8.47. The van der Waals surface area contributed by atoms with Gasteiger partial charge in [0.05, 0.1) is 8.66 Å². The van der Waals surface area contributed by atoms with Crippen molar-refractivity contribution >= 4 is 49.1 Å². The molecule has 0 aliphatic rings. The van der Waals surface area contributed by atoms with Crippen LogP contribution in [0.2, 0.25) is 0 Å². The number of benzene rings is 1. The third kappa shape index (κ3) is 4.11.